The first-order valence-corrected chi connectivity index (χ1v) is 11.9. The topological polar surface area (TPSA) is 110 Å². The number of aromatic hydroxyl groups is 1. The number of anilines is 1. The third kappa shape index (κ3) is 4.23. The summed E-state index contributed by atoms with van der Waals surface area (Å²) in [5, 5.41) is 19.1. The van der Waals surface area contributed by atoms with Gasteiger partial charge in [-0.2, -0.15) is 0 Å². The maximum atomic E-state index is 13.6. The molecule has 3 N–H and O–H groups in total. The Labute approximate surface area is 207 Å². The number of benzene rings is 2. The summed E-state index contributed by atoms with van der Waals surface area (Å²) in [6, 6.07) is 15.7. The first-order chi connectivity index (χ1) is 16.8. The predicted octanol–water partition coefficient (Wildman–Crippen LogP) is 4.06. The first-order valence-electron chi connectivity index (χ1n) is 11.0. The van der Waals surface area contributed by atoms with Crippen LogP contribution >= 0.6 is 11.3 Å². The van der Waals surface area contributed by atoms with Gasteiger partial charge in [0, 0.05) is 16.6 Å². The zero-order valence-corrected chi connectivity index (χ0v) is 20.7. The van der Waals surface area contributed by atoms with Crippen LogP contribution in [0.4, 0.5) is 5.13 Å². The number of rotatable bonds is 6. The highest BCUT2D eigenvalue weighted by molar-refractivity contribution is 7.14. The van der Waals surface area contributed by atoms with E-state index in [-0.39, 0.29) is 5.75 Å². The number of nitrogens with zero attached hydrogens (tertiary/aromatic N) is 1. The number of ether oxygens (including phenoxy) is 2. The summed E-state index contributed by atoms with van der Waals surface area (Å²) in [5.41, 5.74) is 1.39. The van der Waals surface area contributed by atoms with Gasteiger partial charge in [-0.05, 0) is 31.5 Å². The summed E-state index contributed by atoms with van der Waals surface area (Å²) in [4.78, 5) is 31.3. The molecule has 1 aromatic heterocycles. The number of nitrogens with one attached hydrogen (secondary N) is 2. The van der Waals surface area contributed by atoms with Crippen molar-refractivity contribution >= 4 is 28.4 Å². The standard InChI is InChI=1S/C26H27N3O5S/c1-15-21(23(31)33-3)22(17-10-6-5-7-11-17)26(16(2)27-15,24(32)34-4)29-25-28-19(14-35-25)18-12-8-9-13-20(18)30/h5-14,16,22,27,30H,1-4H3,(H,28,29). The second kappa shape index (κ2) is 9.79. The van der Waals surface area contributed by atoms with E-state index < -0.39 is 29.4 Å². The van der Waals surface area contributed by atoms with Gasteiger partial charge in [-0.25, -0.2) is 14.6 Å². The molecule has 1 aliphatic rings. The number of thiazole rings is 1. The minimum atomic E-state index is -1.44. The molecule has 0 spiro atoms. The monoisotopic (exact) mass is 493 g/mol. The fourth-order valence-electron chi connectivity index (χ4n) is 4.68. The average molecular weight is 494 g/mol. The van der Waals surface area contributed by atoms with Crippen molar-refractivity contribution in [1.82, 2.24) is 10.3 Å². The number of aromatic nitrogens is 1. The summed E-state index contributed by atoms with van der Waals surface area (Å²) in [5.74, 6) is -1.73. The lowest BCUT2D eigenvalue weighted by Gasteiger charge is -2.47. The largest absolute Gasteiger partial charge is 0.507 e. The van der Waals surface area contributed by atoms with Crippen molar-refractivity contribution in [1.29, 1.82) is 0 Å². The number of esters is 2. The molecule has 2 aromatic carbocycles. The summed E-state index contributed by atoms with van der Waals surface area (Å²) in [6.07, 6.45) is 0. The van der Waals surface area contributed by atoms with E-state index in [0.29, 0.717) is 27.7 Å². The number of carbonyl (C=O) groups excluding carboxylic acids is 2. The zero-order chi connectivity index (χ0) is 25.2. The molecule has 2 heterocycles. The van der Waals surface area contributed by atoms with Gasteiger partial charge >= 0.3 is 11.9 Å². The summed E-state index contributed by atoms with van der Waals surface area (Å²) < 4.78 is 10.4. The van der Waals surface area contributed by atoms with Gasteiger partial charge in [-0.3, -0.25) is 0 Å². The number of hydrogen-bond acceptors (Lipinski definition) is 9. The molecule has 0 radical (unpaired) electrons. The number of phenols is 1. The molecule has 0 amide bonds. The van der Waals surface area contributed by atoms with Crippen molar-refractivity contribution in [3.05, 3.63) is 76.8 Å². The van der Waals surface area contributed by atoms with Crippen molar-refractivity contribution in [2.45, 2.75) is 31.3 Å². The number of methoxy groups -OCH3 is 2. The Bertz CT molecular complexity index is 1270. The molecule has 3 atom stereocenters. The van der Waals surface area contributed by atoms with E-state index in [4.69, 9.17) is 9.47 Å². The van der Waals surface area contributed by atoms with Gasteiger partial charge in [0.25, 0.3) is 0 Å². The number of carbonyl (C=O) groups is 2. The third-order valence-electron chi connectivity index (χ3n) is 6.32. The van der Waals surface area contributed by atoms with Crippen LogP contribution in [0.2, 0.25) is 0 Å². The lowest BCUT2D eigenvalue weighted by molar-refractivity contribution is -0.148. The SMILES string of the molecule is COC(=O)C1=C(C)NC(C)C(Nc2nc(-c3ccccc3O)cs2)(C(=O)OC)C1c1ccccc1. The highest BCUT2D eigenvalue weighted by Gasteiger charge is 2.58. The fraction of sp³-hybridized carbons (Fsp3) is 0.269. The average Bonchev–Trinajstić information content (AvgIpc) is 3.33. The van der Waals surface area contributed by atoms with Crippen LogP contribution in [0, 0.1) is 0 Å². The number of para-hydroxylation sites is 1. The highest BCUT2D eigenvalue weighted by Crippen LogP contribution is 2.45. The number of phenolic OH excluding ortho intramolecular Hbond substituents is 1. The Hall–Kier alpha value is -3.85. The van der Waals surface area contributed by atoms with Crippen LogP contribution in [0.15, 0.2) is 71.2 Å². The van der Waals surface area contributed by atoms with Crippen LogP contribution < -0.4 is 10.6 Å². The molecule has 3 aromatic rings. The Morgan fingerprint density at radius 3 is 2.43 bits per heavy atom. The number of allylic oxidation sites excluding steroid dienone is 1. The summed E-state index contributed by atoms with van der Waals surface area (Å²) >= 11 is 1.29. The summed E-state index contributed by atoms with van der Waals surface area (Å²) in [6.45, 7) is 3.65. The smallest absolute Gasteiger partial charge is 0.336 e. The van der Waals surface area contributed by atoms with Crippen LogP contribution in [0.1, 0.15) is 25.3 Å². The minimum Gasteiger partial charge on any atom is -0.507 e. The van der Waals surface area contributed by atoms with Gasteiger partial charge in [0.2, 0.25) is 0 Å². The molecular weight excluding hydrogens is 466 g/mol. The van der Waals surface area contributed by atoms with Crippen molar-refractivity contribution in [3.8, 4) is 17.0 Å². The second-order valence-electron chi connectivity index (χ2n) is 8.28. The molecule has 1 aliphatic heterocycles. The Kier molecular flexibility index (Phi) is 6.79. The van der Waals surface area contributed by atoms with Gasteiger partial charge in [0.1, 0.15) is 5.75 Å². The van der Waals surface area contributed by atoms with E-state index in [0.717, 1.165) is 5.56 Å². The second-order valence-corrected chi connectivity index (χ2v) is 9.14. The molecule has 182 valence electrons. The molecule has 4 rings (SSSR count). The van der Waals surface area contributed by atoms with E-state index >= 15 is 0 Å². The van der Waals surface area contributed by atoms with Gasteiger partial charge < -0.3 is 25.2 Å². The molecular formula is C26H27N3O5S. The molecule has 0 bridgehead atoms. The minimum absolute atomic E-state index is 0.105. The van der Waals surface area contributed by atoms with E-state index in [1.807, 2.05) is 43.3 Å². The molecule has 0 saturated heterocycles. The van der Waals surface area contributed by atoms with Crippen LogP contribution in [0.3, 0.4) is 0 Å². The van der Waals surface area contributed by atoms with Gasteiger partial charge in [0.15, 0.2) is 10.7 Å². The predicted molar refractivity (Wildman–Crippen MR) is 134 cm³/mol. The zero-order valence-electron chi connectivity index (χ0n) is 19.9. The van der Waals surface area contributed by atoms with Crippen LogP contribution in [0.5, 0.6) is 5.75 Å². The fourth-order valence-corrected chi connectivity index (χ4v) is 5.47. The normalized spacial score (nSPS) is 21.7. The van der Waals surface area contributed by atoms with E-state index in [9.17, 15) is 14.7 Å². The van der Waals surface area contributed by atoms with E-state index in [1.54, 1.807) is 30.5 Å². The first kappa shape index (κ1) is 24.3. The van der Waals surface area contributed by atoms with Gasteiger partial charge in [0.05, 0.1) is 37.4 Å². The number of hydrogen-bond donors (Lipinski definition) is 3. The molecule has 0 fully saturated rings. The van der Waals surface area contributed by atoms with Crippen LogP contribution in [-0.2, 0) is 19.1 Å². The maximum Gasteiger partial charge on any atom is 0.336 e. The Morgan fingerprint density at radius 2 is 1.77 bits per heavy atom. The molecule has 9 heteroatoms. The molecule has 0 aliphatic carbocycles. The Balaban J connectivity index is 1.89. The van der Waals surface area contributed by atoms with Crippen molar-refractivity contribution in [2.75, 3.05) is 19.5 Å². The Morgan fingerprint density at radius 1 is 1.09 bits per heavy atom. The maximum absolute atomic E-state index is 13.6. The van der Waals surface area contributed by atoms with Crippen molar-refractivity contribution in [2.24, 2.45) is 0 Å². The highest BCUT2D eigenvalue weighted by atomic mass is 32.1. The third-order valence-corrected chi connectivity index (χ3v) is 7.08. The van der Waals surface area contributed by atoms with Crippen LogP contribution in [0.25, 0.3) is 11.3 Å². The van der Waals surface area contributed by atoms with Gasteiger partial charge in [-0.15, -0.1) is 11.3 Å². The van der Waals surface area contributed by atoms with Crippen molar-refractivity contribution in [3.63, 3.8) is 0 Å². The van der Waals surface area contributed by atoms with Gasteiger partial charge in [-0.1, -0.05) is 42.5 Å². The molecule has 35 heavy (non-hydrogen) atoms. The molecule has 0 saturated carbocycles. The lowest BCUT2D eigenvalue weighted by atomic mass is 9.68. The van der Waals surface area contributed by atoms with E-state index in [2.05, 4.69) is 15.6 Å². The molecule has 8 nitrogen and oxygen atoms in total. The van der Waals surface area contributed by atoms with Crippen LogP contribution in [-0.4, -0.2) is 47.8 Å². The summed E-state index contributed by atoms with van der Waals surface area (Å²) in [7, 11) is 2.63. The lowest BCUT2D eigenvalue weighted by Crippen LogP contribution is -2.66. The van der Waals surface area contributed by atoms with E-state index in [1.165, 1.54) is 25.6 Å². The van der Waals surface area contributed by atoms with Crippen molar-refractivity contribution < 1.29 is 24.2 Å². The quantitative estimate of drug-likeness (QED) is 0.441. The molecule has 3 unspecified atom stereocenters.